The molecule has 0 aromatic heterocycles. The largest absolute Gasteiger partial charge is 0.378 e. The Kier molecular flexibility index (Phi) is 4.79. The number of hydrogen-bond donors (Lipinski definition) is 0. The van der Waals surface area contributed by atoms with E-state index in [0.29, 0.717) is 5.92 Å². The van der Waals surface area contributed by atoms with Gasteiger partial charge in [-0.2, -0.15) is 0 Å². The molecule has 110 valence electrons. The molecule has 2 rings (SSSR count). The number of carbonyl (C=O) groups is 1. The lowest BCUT2D eigenvalue weighted by Gasteiger charge is -2.13. The molecule has 0 fully saturated rings. The summed E-state index contributed by atoms with van der Waals surface area (Å²) in [6.45, 7) is 4.38. The number of ketones is 1. The molecule has 2 aromatic carbocycles. The lowest BCUT2D eigenvalue weighted by atomic mass is 9.97. The van der Waals surface area contributed by atoms with Crippen molar-refractivity contribution in [3.05, 3.63) is 65.2 Å². The molecule has 0 unspecified atom stereocenters. The average Bonchev–Trinajstić information content (AvgIpc) is 2.46. The van der Waals surface area contributed by atoms with Gasteiger partial charge in [0.05, 0.1) is 0 Å². The summed E-state index contributed by atoms with van der Waals surface area (Å²) in [4.78, 5) is 14.6. The first-order valence-electron chi connectivity index (χ1n) is 7.38. The quantitative estimate of drug-likeness (QED) is 0.766. The molecule has 0 amide bonds. The monoisotopic (exact) mass is 281 g/mol. The molecule has 0 radical (unpaired) electrons. The van der Waals surface area contributed by atoms with Crippen LogP contribution in [-0.4, -0.2) is 19.9 Å². The number of rotatable bonds is 5. The third-order valence-corrected chi connectivity index (χ3v) is 3.46. The van der Waals surface area contributed by atoms with Crippen molar-refractivity contribution in [2.24, 2.45) is 5.92 Å². The number of carbonyl (C=O) groups excluding carboxylic acids is 1. The van der Waals surface area contributed by atoms with E-state index >= 15 is 0 Å². The number of hydrogen-bond acceptors (Lipinski definition) is 2. The van der Waals surface area contributed by atoms with Crippen LogP contribution in [0.3, 0.4) is 0 Å². The minimum Gasteiger partial charge on any atom is -0.378 e. The molecule has 0 aliphatic heterocycles. The molecule has 0 atom stereocenters. The van der Waals surface area contributed by atoms with Crippen LogP contribution in [0.4, 0.5) is 5.69 Å². The SMILES string of the molecule is CC(C)Cc1cccc(C(=O)c2cccc(N(C)C)c2)c1. The summed E-state index contributed by atoms with van der Waals surface area (Å²) >= 11 is 0. The predicted molar refractivity (Wildman–Crippen MR) is 89.2 cm³/mol. The van der Waals surface area contributed by atoms with Crippen LogP contribution in [0, 0.1) is 5.92 Å². The van der Waals surface area contributed by atoms with Gasteiger partial charge in [-0.15, -0.1) is 0 Å². The van der Waals surface area contributed by atoms with E-state index in [2.05, 4.69) is 19.9 Å². The molecule has 0 saturated heterocycles. The van der Waals surface area contributed by atoms with E-state index in [1.165, 1.54) is 5.56 Å². The van der Waals surface area contributed by atoms with Gasteiger partial charge in [0.2, 0.25) is 0 Å². The maximum absolute atomic E-state index is 12.6. The summed E-state index contributed by atoms with van der Waals surface area (Å²) in [5, 5.41) is 0. The standard InChI is InChI=1S/C19H23NO/c1-14(2)11-15-7-5-8-16(12-15)19(21)17-9-6-10-18(13-17)20(3)4/h5-10,12-14H,11H2,1-4H3. The second kappa shape index (κ2) is 6.57. The fourth-order valence-electron chi connectivity index (χ4n) is 2.40. The Morgan fingerprint density at radius 3 is 2.24 bits per heavy atom. The summed E-state index contributed by atoms with van der Waals surface area (Å²) in [5.41, 5.74) is 3.77. The third-order valence-electron chi connectivity index (χ3n) is 3.46. The van der Waals surface area contributed by atoms with Crippen LogP contribution >= 0.6 is 0 Å². The summed E-state index contributed by atoms with van der Waals surface area (Å²) in [5.74, 6) is 0.678. The van der Waals surface area contributed by atoms with Gasteiger partial charge in [-0.1, -0.05) is 44.2 Å². The normalized spacial score (nSPS) is 10.7. The molecule has 0 heterocycles. The van der Waals surface area contributed by atoms with E-state index in [4.69, 9.17) is 0 Å². The van der Waals surface area contributed by atoms with Gasteiger partial charge in [0, 0.05) is 30.9 Å². The first kappa shape index (κ1) is 15.3. The van der Waals surface area contributed by atoms with Crippen molar-refractivity contribution in [1.82, 2.24) is 0 Å². The van der Waals surface area contributed by atoms with Crippen molar-refractivity contribution < 1.29 is 4.79 Å². The molecule has 0 saturated carbocycles. The molecule has 2 aromatic rings. The predicted octanol–water partition coefficient (Wildman–Crippen LogP) is 4.18. The van der Waals surface area contributed by atoms with E-state index in [1.54, 1.807) is 0 Å². The second-order valence-electron chi connectivity index (χ2n) is 6.07. The lowest BCUT2D eigenvalue weighted by molar-refractivity contribution is 0.103. The molecule has 0 aliphatic carbocycles. The second-order valence-corrected chi connectivity index (χ2v) is 6.07. The molecule has 0 bridgehead atoms. The Labute approximate surface area is 127 Å². The highest BCUT2D eigenvalue weighted by Crippen LogP contribution is 2.18. The van der Waals surface area contributed by atoms with E-state index in [-0.39, 0.29) is 5.78 Å². The van der Waals surface area contributed by atoms with Crippen molar-refractivity contribution in [2.75, 3.05) is 19.0 Å². The molecule has 2 nitrogen and oxygen atoms in total. The average molecular weight is 281 g/mol. The number of nitrogens with zero attached hydrogens (tertiary/aromatic N) is 1. The minimum absolute atomic E-state index is 0.0873. The van der Waals surface area contributed by atoms with Gasteiger partial charge in [-0.25, -0.2) is 0 Å². The zero-order valence-electron chi connectivity index (χ0n) is 13.3. The summed E-state index contributed by atoms with van der Waals surface area (Å²) in [6, 6.07) is 15.7. The van der Waals surface area contributed by atoms with E-state index < -0.39 is 0 Å². The molecule has 21 heavy (non-hydrogen) atoms. The zero-order valence-corrected chi connectivity index (χ0v) is 13.3. The summed E-state index contributed by atoms with van der Waals surface area (Å²) in [7, 11) is 3.96. The van der Waals surface area contributed by atoms with Crippen molar-refractivity contribution in [1.29, 1.82) is 0 Å². The van der Waals surface area contributed by atoms with Gasteiger partial charge in [0.25, 0.3) is 0 Å². The molecule has 0 spiro atoms. The van der Waals surface area contributed by atoms with Crippen LogP contribution in [0.15, 0.2) is 48.5 Å². The fourth-order valence-corrected chi connectivity index (χ4v) is 2.40. The Morgan fingerprint density at radius 1 is 1.00 bits per heavy atom. The van der Waals surface area contributed by atoms with E-state index in [1.807, 2.05) is 61.5 Å². The summed E-state index contributed by atoms with van der Waals surface area (Å²) in [6.07, 6.45) is 0.999. The minimum atomic E-state index is 0.0873. The first-order chi connectivity index (χ1) is 9.97. The molecular formula is C19H23NO. The first-order valence-corrected chi connectivity index (χ1v) is 7.38. The summed E-state index contributed by atoms with van der Waals surface area (Å²) < 4.78 is 0. The van der Waals surface area contributed by atoms with Crippen LogP contribution in [0.2, 0.25) is 0 Å². The Morgan fingerprint density at radius 2 is 1.62 bits per heavy atom. The van der Waals surface area contributed by atoms with Crippen molar-refractivity contribution in [3.8, 4) is 0 Å². The van der Waals surface area contributed by atoms with Crippen molar-refractivity contribution >= 4 is 11.5 Å². The van der Waals surface area contributed by atoms with Gasteiger partial charge < -0.3 is 4.90 Å². The number of anilines is 1. The van der Waals surface area contributed by atoms with Crippen LogP contribution in [-0.2, 0) is 6.42 Å². The highest BCUT2D eigenvalue weighted by Gasteiger charge is 2.11. The van der Waals surface area contributed by atoms with Crippen LogP contribution in [0.25, 0.3) is 0 Å². The van der Waals surface area contributed by atoms with Gasteiger partial charge in [0.1, 0.15) is 0 Å². The molecular weight excluding hydrogens is 258 g/mol. The van der Waals surface area contributed by atoms with Gasteiger partial charge in [-0.3, -0.25) is 4.79 Å². The van der Waals surface area contributed by atoms with Crippen LogP contribution < -0.4 is 4.90 Å². The van der Waals surface area contributed by atoms with Gasteiger partial charge in [-0.05, 0) is 36.1 Å². The Balaban J connectivity index is 2.29. The third kappa shape index (κ3) is 3.94. The highest BCUT2D eigenvalue weighted by molar-refractivity contribution is 6.09. The molecule has 2 heteroatoms. The smallest absolute Gasteiger partial charge is 0.193 e. The molecule has 0 N–H and O–H groups in total. The maximum atomic E-state index is 12.6. The topological polar surface area (TPSA) is 20.3 Å². The Bertz CT molecular complexity index is 629. The van der Waals surface area contributed by atoms with E-state index in [9.17, 15) is 4.79 Å². The highest BCUT2D eigenvalue weighted by atomic mass is 16.1. The Hall–Kier alpha value is -2.09. The van der Waals surface area contributed by atoms with Gasteiger partial charge in [0.15, 0.2) is 5.78 Å². The number of benzene rings is 2. The van der Waals surface area contributed by atoms with Crippen molar-refractivity contribution in [3.63, 3.8) is 0 Å². The zero-order chi connectivity index (χ0) is 15.4. The maximum Gasteiger partial charge on any atom is 0.193 e. The van der Waals surface area contributed by atoms with Crippen molar-refractivity contribution in [2.45, 2.75) is 20.3 Å². The lowest BCUT2D eigenvalue weighted by Crippen LogP contribution is -2.10. The van der Waals surface area contributed by atoms with Crippen LogP contribution in [0.5, 0.6) is 0 Å². The fraction of sp³-hybridized carbons (Fsp3) is 0.316. The van der Waals surface area contributed by atoms with Crippen LogP contribution in [0.1, 0.15) is 35.3 Å². The molecule has 0 aliphatic rings. The van der Waals surface area contributed by atoms with Gasteiger partial charge >= 0.3 is 0 Å². The van der Waals surface area contributed by atoms with E-state index in [0.717, 1.165) is 23.2 Å².